The van der Waals surface area contributed by atoms with E-state index in [-0.39, 0.29) is 6.04 Å². The predicted molar refractivity (Wildman–Crippen MR) is 82.6 cm³/mol. The second-order valence-electron chi connectivity index (χ2n) is 5.58. The van der Waals surface area contributed by atoms with Crippen molar-refractivity contribution in [3.8, 4) is 11.5 Å². The molecular formula is C14H16BrN5O. The highest BCUT2D eigenvalue weighted by atomic mass is 79.9. The lowest BCUT2D eigenvalue weighted by molar-refractivity contribution is 0.00781. The number of nitrogen functional groups attached to an aromatic ring is 1. The zero-order chi connectivity index (χ0) is 14.4. The van der Waals surface area contributed by atoms with E-state index in [1.54, 1.807) is 0 Å². The van der Waals surface area contributed by atoms with Gasteiger partial charge < -0.3 is 10.3 Å². The zero-order valence-corrected chi connectivity index (χ0v) is 13.1. The van der Waals surface area contributed by atoms with Crippen molar-refractivity contribution >= 4 is 21.6 Å². The summed E-state index contributed by atoms with van der Waals surface area (Å²) >= 11 is 3.44. The summed E-state index contributed by atoms with van der Waals surface area (Å²) in [7, 11) is 0. The Morgan fingerprint density at radius 3 is 2.67 bits per heavy atom. The average molecular weight is 350 g/mol. The minimum atomic E-state index is 0.245. The molecule has 2 aromatic rings. The molecule has 0 saturated carbocycles. The molecule has 0 radical (unpaired) electrons. The third kappa shape index (κ3) is 2.45. The number of nitrogens with zero attached hydrogens (tertiary/aromatic N) is 4. The quantitative estimate of drug-likeness (QED) is 0.833. The van der Waals surface area contributed by atoms with Crippen LogP contribution in [0.2, 0.25) is 0 Å². The third-order valence-corrected chi connectivity index (χ3v) is 4.64. The van der Waals surface area contributed by atoms with Crippen LogP contribution in [0.25, 0.3) is 11.5 Å². The van der Waals surface area contributed by atoms with Gasteiger partial charge in [0.25, 0.3) is 5.89 Å². The van der Waals surface area contributed by atoms with Crippen molar-refractivity contribution in [2.24, 2.45) is 0 Å². The topological polar surface area (TPSA) is 71.4 Å². The fourth-order valence-corrected chi connectivity index (χ4v) is 3.60. The van der Waals surface area contributed by atoms with Gasteiger partial charge in [0.1, 0.15) is 0 Å². The van der Waals surface area contributed by atoms with Crippen molar-refractivity contribution in [3.05, 3.63) is 28.5 Å². The second-order valence-corrected chi connectivity index (χ2v) is 6.50. The van der Waals surface area contributed by atoms with Gasteiger partial charge in [-0.3, -0.25) is 9.80 Å². The number of hydrogen-bond acceptors (Lipinski definition) is 6. The van der Waals surface area contributed by atoms with E-state index in [0.717, 1.165) is 48.6 Å². The van der Waals surface area contributed by atoms with Crippen LogP contribution >= 0.6 is 15.9 Å². The Kier molecular flexibility index (Phi) is 3.20. The van der Waals surface area contributed by atoms with E-state index in [0.29, 0.717) is 11.6 Å². The van der Waals surface area contributed by atoms with Gasteiger partial charge >= 0.3 is 0 Å². The summed E-state index contributed by atoms with van der Waals surface area (Å²) in [5.41, 5.74) is 7.38. The number of piperazine rings is 3. The van der Waals surface area contributed by atoms with Crippen molar-refractivity contribution in [2.75, 3.05) is 38.5 Å². The highest BCUT2D eigenvalue weighted by Gasteiger charge is 2.35. The monoisotopic (exact) mass is 349 g/mol. The zero-order valence-electron chi connectivity index (χ0n) is 11.5. The lowest BCUT2D eigenvalue weighted by atomic mass is 10.1. The molecule has 1 aromatic heterocycles. The van der Waals surface area contributed by atoms with E-state index < -0.39 is 0 Å². The van der Waals surface area contributed by atoms with Gasteiger partial charge in [0.05, 0.1) is 6.04 Å². The van der Waals surface area contributed by atoms with Gasteiger partial charge in [-0.25, -0.2) is 0 Å². The number of hydrogen-bond donors (Lipinski definition) is 1. The largest absolute Gasteiger partial charge is 0.399 e. The lowest BCUT2D eigenvalue weighted by Crippen LogP contribution is -2.57. The number of aromatic nitrogens is 2. The molecule has 110 valence electrons. The van der Waals surface area contributed by atoms with Crippen LogP contribution in [0.15, 0.2) is 27.2 Å². The van der Waals surface area contributed by atoms with Crippen LogP contribution in [0.3, 0.4) is 0 Å². The predicted octanol–water partition coefficient (Wildman–Crippen LogP) is 1.75. The van der Waals surface area contributed by atoms with Gasteiger partial charge in [0, 0.05) is 48.4 Å². The van der Waals surface area contributed by atoms with Crippen molar-refractivity contribution in [1.29, 1.82) is 0 Å². The number of fused-ring (bicyclic) bond motifs is 3. The second kappa shape index (κ2) is 5.08. The van der Waals surface area contributed by atoms with Crippen molar-refractivity contribution in [1.82, 2.24) is 19.9 Å². The minimum absolute atomic E-state index is 0.245. The summed E-state index contributed by atoms with van der Waals surface area (Å²) in [5.74, 6) is 1.29. The van der Waals surface area contributed by atoms with Crippen molar-refractivity contribution in [2.45, 2.75) is 6.04 Å². The molecule has 0 amide bonds. The number of rotatable bonds is 2. The molecule has 21 heavy (non-hydrogen) atoms. The number of benzene rings is 1. The molecule has 3 fully saturated rings. The normalized spacial score (nSPS) is 28.0. The van der Waals surface area contributed by atoms with Gasteiger partial charge in [-0.05, 0) is 18.2 Å². The Hall–Kier alpha value is -1.44. The molecule has 0 aliphatic carbocycles. The maximum absolute atomic E-state index is 5.86. The Bertz CT molecular complexity index is 645. The fraction of sp³-hybridized carbons (Fsp3) is 0.429. The first-order chi connectivity index (χ1) is 10.2. The number of halogens is 1. The SMILES string of the molecule is Nc1cc(Br)cc(-c2nc(C3CN4CCN3CC4)no2)c1. The molecule has 6 nitrogen and oxygen atoms in total. The first kappa shape index (κ1) is 13.2. The van der Waals surface area contributed by atoms with Gasteiger partial charge in [-0.2, -0.15) is 4.98 Å². The van der Waals surface area contributed by atoms with E-state index in [4.69, 9.17) is 10.3 Å². The van der Waals surface area contributed by atoms with Crippen LogP contribution in [0, 0.1) is 0 Å². The van der Waals surface area contributed by atoms with Crippen LogP contribution in [-0.2, 0) is 0 Å². The third-order valence-electron chi connectivity index (χ3n) is 4.19. The molecule has 2 N–H and O–H groups in total. The average Bonchev–Trinajstić information content (AvgIpc) is 2.97. The molecular weight excluding hydrogens is 334 g/mol. The van der Waals surface area contributed by atoms with Gasteiger partial charge in [0.15, 0.2) is 5.82 Å². The van der Waals surface area contributed by atoms with Gasteiger partial charge in [0.2, 0.25) is 0 Å². The molecule has 1 atom stereocenters. The lowest BCUT2D eigenvalue weighted by Gasteiger charge is -2.46. The maximum Gasteiger partial charge on any atom is 0.258 e. The first-order valence-electron chi connectivity index (χ1n) is 7.05. The molecule has 3 aliphatic rings. The summed E-state index contributed by atoms with van der Waals surface area (Å²) in [6, 6.07) is 5.87. The van der Waals surface area contributed by atoms with E-state index in [2.05, 4.69) is 35.9 Å². The van der Waals surface area contributed by atoms with Gasteiger partial charge in [-0.1, -0.05) is 21.1 Å². The minimum Gasteiger partial charge on any atom is -0.399 e. The van der Waals surface area contributed by atoms with Crippen LogP contribution in [0.5, 0.6) is 0 Å². The van der Waals surface area contributed by atoms with Gasteiger partial charge in [-0.15, -0.1) is 0 Å². The fourth-order valence-electron chi connectivity index (χ4n) is 3.09. The van der Waals surface area contributed by atoms with E-state index >= 15 is 0 Å². The van der Waals surface area contributed by atoms with E-state index in [1.807, 2.05) is 18.2 Å². The molecule has 0 spiro atoms. The highest BCUT2D eigenvalue weighted by Crippen LogP contribution is 2.30. The van der Waals surface area contributed by atoms with Crippen LogP contribution in [0.4, 0.5) is 5.69 Å². The molecule has 4 heterocycles. The van der Waals surface area contributed by atoms with E-state index in [1.165, 1.54) is 0 Å². The van der Waals surface area contributed by atoms with Crippen LogP contribution in [0.1, 0.15) is 11.9 Å². The molecule has 1 unspecified atom stereocenters. The number of nitrogens with two attached hydrogens (primary N) is 1. The molecule has 2 bridgehead atoms. The Balaban J connectivity index is 1.63. The molecule has 1 aromatic carbocycles. The maximum atomic E-state index is 5.86. The molecule has 3 aliphatic heterocycles. The van der Waals surface area contributed by atoms with Crippen molar-refractivity contribution in [3.63, 3.8) is 0 Å². The van der Waals surface area contributed by atoms with Crippen LogP contribution < -0.4 is 5.73 Å². The summed E-state index contributed by atoms with van der Waals surface area (Å²) in [6.45, 7) is 5.43. The molecule has 5 rings (SSSR count). The smallest absolute Gasteiger partial charge is 0.258 e. The van der Waals surface area contributed by atoms with Crippen LogP contribution in [-0.4, -0.2) is 52.7 Å². The molecule has 3 saturated heterocycles. The number of anilines is 1. The summed E-state index contributed by atoms with van der Waals surface area (Å²) < 4.78 is 6.35. The standard InChI is InChI=1S/C14H16BrN5O/c15-10-5-9(6-11(16)7-10)14-17-13(18-21-14)12-8-19-1-3-20(12)4-2-19/h5-7,12H,1-4,8,16H2. The summed E-state index contributed by atoms with van der Waals surface area (Å²) in [4.78, 5) is 9.47. The Morgan fingerprint density at radius 2 is 2.00 bits per heavy atom. The first-order valence-corrected chi connectivity index (χ1v) is 7.85. The Labute approximate surface area is 131 Å². The van der Waals surface area contributed by atoms with E-state index in [9.17, 15) is 0 Å². The summed E-state index contributed by atoms with van der Waals surface area (Å²) in [5, 5.41) is 4.18. The van der Waals surface area contributed by atoms with Crippen molar-refractivity contribution < 1.29 is 4.52 Å². The molecule has 7 heteroatoms. The summed E-state index contributed by atoms with van der Waals surface area (Å²) in [6.07, 6.45) is 0. The highest BCUT2D eigenvalue weighted by molar-refractivity contribution is 9.10. The Morgan fingerprint density at radius 1 is 1.19 bits per heavy atom.